The first-order valence-corrected chi connectivity index (χ1v) is 17.1. The highest BCUT2D eigenvalue weighted by Crippen LogP contribution is 2.46. The minimum atomic E-state index is -3.74. The lowest BCUT2D eigenvalue weighted by molar-refractivity contribution is 0.0925. The molecule has 1 amide bonds. The Hall–Kier alpha value is -5.56. The van der Waals surface area contributed by atoms with Gasteiger partial charge in [0.15, 0.2) is 5.82 Å². The maximum absolute atomic E-state index is 13.9. The summed E-state index contributed by atoms with van der Waals surface area (Å²) in [5, 5.41) is 3.74. The molecule has 11 nitrogen and oxygen atoms in total. The topological polar surface area (TPSA) is 143 Å². The quantitative estimate of drug-likeness (QED) is 0.173. The molecule has 48 heavy (non-hydrogen) atoms. The van der Waals surface area contributed by atoms with Crippen LogP contribution in [0.2, 0.25) is 0 Å². The molecule has 0 spiro atoms. The molecule has 0 atom stereocenters. The number of aromatic nitrogens is 4. The zero-order valence-electron chi connectivity index (χ0n) is 26.3. The molecule has 0 bridgehead atoms. The van der Waals surface area contributed by atoms with Gasteiger partial charge in [0.05, 0.1) is 30.2 Å². The lowest BCUT2D eigenvalue weighted by atomic mass is 9.96. The van der Waals surface area contributed by atoms with Crippen LogP contribution in [0.15, 0.2) is 89.9 Å². The molecule has 6 aromatic rings. The Morgan fingerprint density at radius 1 is 1.04 bits per heavy atom. The second-order valence-electron chi connectivity index (χ2n) is 11.6. The average molecular weight is 667 g/mol. The largest absolute Gasteiger partial charge is 0.496 e. The Bertz CT molecular complexity index is 2250. The van der Waals surface area contributed by atoms with Gasteiger partial charge in [-0.25, -0.2) is 27.8 Å². The first kappa shape index (κ1) is 31.1. The fourth-order valence-corrected chi connectivity index (χ4v) is 6.99. The number of fused-ring (bicyclic) bond motifs is 1. The van der Waals surface area contributed by atoms with Crippen LogP contribution in [0.25, 0.3) is 44.8 Å². The van der Waals surface area contributed by atoms with Gasteiger partial charge in [-0.3, -0.25) is 9.10 Å². The van der Waals surface area contributed by atoms with Crippen LogP contribution < -0.4 is 14.4 Å². The molecule has 1 aliphatic rings. The van der Waals surface area contributed by atoms with Gasteiger partial charge in [-0.15, -0.1) is 0 Å². The lowest BCUT2D eigenvalue weighted by Gasteiger charge is -2.24. The number of benzene rings is 3. The number of furan rings is 1. The Morgan fingerprint density at radius 2 is 1.77 bits per heavy atom. The number of nitrogens with one attached hydrogen (secondary N) is 2. The van der Waals surface area contributed by atoms with Crippen molar-refractivity contribution in [3.63, 3.8) is 0 Å². The molecule has 0 saturated heterocycles. The summed E-state index contributed by atoms with van der Waals surface area (Å²) in [7, 11) is -2.26. The third kappa shape index (κ3) is 5.55. The number of halogens is 1. The van der Waals surface area contributed by atoms with E-state index < -0.39 is 21.4 Å². The van der Waals surface area contributed by atoms with Crippen LogP contribution in [0.4, 0.5) is 10.1 Å². The molecule has 0 unspecified atom stereocenters. The Labute approximate surface area is 275 Å². The van der Waals surface area contributed by atoms with Gasteiger partial charge in [0.2, 0.25) is 10.0 Å². The van der Waals surface area contributed by atoms with E-state index in [4.69, 9.17) is 9.15 Å². The van der Waals surface area contributed by atoms with Crippen LogP contribution in [0.3, 0.4) is 0 Å². The monoisotopic (exact) mass is 666 g/mol. The predicted molar refractivity (Wildman–Crippen MR) is 179 cm³/mol. The molecule has 3 aromatic carbocycles. The van der Waals surface area contributed by atoms with Crippen molar-refractivity contribution < 1.29 is 26.8 Å². The number of anilines is 1. The number of aromatic amines is 1. The van der Waals surface area contributed by atoms with Crippen molar-refractivity contribution in [2.24, 2.45) is 0 Å². The third-order valence-electron chi connectivity index (χ3n) is 8.46. The fraction of sp³-hybridized carbons (Fsp3) is 0.200. The Kier molecular flexibility index (Phi) is 7.71. The third-order valence-corrected chi connectivity index (χ3v) is 9.71. The molecule has 1 saturated carbocycles. The summed E-state index contributed by atoms with van der Waals surface area (Å²) in [6.07, 6.45) is 9.10. The maximum Gasteiger partial charge on any atom is 0.255 e. The Morgan fingerprint density at radius 3 is 2.40 bits per heavy atom. The van der Waals surface area contributed by atoms with Gasteiger partial charge in [0, 0.05) is 53.9 Å². The number of amides is 1. The van der Waals surface area contributed by atoms with Gasteiger partial charge in [0.25, 0.3) is 5.91 Å². The second-order valence-corrected chi connectivity index (χ2v) is 13.5. The van der Waals surface area contributed by atoms with E-state index in [9.17, 15) is 17.6 Å². The van der Waals surface area contributed by atoms with Gasteiger partial charge < -0.3 is 19.5 Å². The predicted octanol–water partition coefficient (Wildman–Crippen LogP) is 6.30. The normalized spacial score (nSPS) is 13.8. The molecule has 244 valence electrons. The average Bonchev–Trinajstić information content (AvgIpc) is 3.48. The van der Waals surface area contributed by atoms with E-state index in [0.717, 1.165) is 6.26 Å². The van der Waals surface area contributed by atoms with E-state index in [1.165, 1.54) is 23.5 Å². The Balaban J connectivity index is 1.43. The molecule has 13 heteroatoms. The summed E-state index contributed by atoms with van der Waals surface area (Å²) >= 11 is 0. The van der Waals surface area contributed by atoms with Gasteiger partial charge >= 0.3 is 0 Å². The minimum absolute atomic E-state index is 0.136. The lowest BCUT2D eigenvalue weighted by Crippen LogP contribution is -2.36. The molecule has 1 fully saturated rings. The molecule has 3 heterocycles. The van der Waals surface area contributed by atoms with E-state index in [2.05, 4.69) is 25.3 Å². The van der Waals surface area contributed by atoms with Crippen molar-refractivity contribution >= 4 is 32.6 Å². The molecule has 0 aliphatic heterocycles. The number of carbonyl (C=O) groups excluding carboxylic acids is 1. The molecule has 7 rings (SSSR count). The van der Waals surface area contributed by atoms with Crippen molar-refractivity contribution in [2.75, 3.05) is 24.2 Å². The molecule has 1 aliphatic carbocycles. The van der Waals surface area contributed by atoms with Crippen molar-refractivity contribution in [3.05, 3.63) is 103 Å². The number of methoxy groups -OCH3 is 1. The highest BCUT2D eigenvalue weighted by atomic mass is 32.2. The van der Waals surface area contributed by atoms with Crippen LogP contribution in [0.5, 0.6) is 5.75 Å². The summed E-state index contributed by atoms with van der Waals surface area (Å²) in [6.45, 7) is 1.88. The minimum Gasteiger partial charge on any atom is -0.496 e. The summed E-state index contributed by atoms with van der Waals surface area (Å²) < 4.78 is 53.4. The summed E-state index contributed by atoms with van der Waals surface area (Å²) in [5.41, 5.74) is 2.64. The van der Waals surface area contributed by atoms with E-state index in [-0.39, 0.29) is 18.0 Å². The molecular weight excluding hydrogens is 635 g/mol. The SMILES string of the molecule is CCN(c1cc2oc(-c3ccc(F)cc3)c(-c3ncc[nH]3)c2cc1-c1ccc(OC)c(C(=O)NC2(c3ncccn3)CC2)c1)S(C)(=O)=O. The number of ether oxygens (including phenoxy) is 1. The van der Waals surface area contributed by atoms with E-state index in [1.54, 1.807) is 74.2 Å². The van der Waals surface area contributed by atoms with Gasteiger partial charge in [-0.05, 0) is 73.9 Å². The number of sulfonamides is 1. The van der Waals surface area contributed by atoms with E-state index >= 15 is 0 Å². The molecule has 0 radical (unpaired) electrons. The number of rotatable bonds is 10. The van der Waals surface area contributed by atoms with Gasteiger partial charge in [0.1, 0.15) is 34.3 Å². The highest BCUT2D eigenvalue weighted by molar-refractivity contribution is 7.92. The number of hydrogen-bond donors (Lipinski definition) is 2. The van der Waals surface area contributed by atoms with Crippen LogP contribution >= 0.6 is 0 Å². The maximum atomic E-state index is 13.9. The second kappa shape index (κ2) is 11.9. The van der Waals surface area contributed by atoms with Crippen LogP contribution in [0.1, 0.15) is 35.9 Å². The highest BCUT2D eigenvalue weighted by Gasteiger charge is 2.48. The number of nitrogens with zero attached hydrogens (tertiary/aromatic N) is 4. The number of H-pyrrole nitrogens is 1. The van der Waals surface area contributed by atoms with Crippen molar-refractivity contribution in [1.29, 1.82) is 0 Å². The number of imidazole rings is 1. The van der Waals surface area contributed by atoms with Crippen molar-refractivity contribution in [2.45, 2.75) is 25.3 Å². The zero-order valence-corrected chi connectivity index (χ0v) is 27.1. The van der Waals surface area contributed by atoms with Crippen LogP contribution in [-0.2, 0) is 15.6 Å². The van der Waals surface area contributed by atoms with Crippen molar-refractivity contribution in [1.82, 2.24) is 25.3 Å². The summed E-state index contributed by atoms with van der Waals surface area (Å²) in [5.74, 6) is 1.05. The first-order valence-electron chi connectivity index (χ1n) is 15.2. The molecular formula is C35H31FN6O5S. The summed E-state index contributed by atoms with van der Waals surface area (Å²) in [4.78, 5) is 30.2. The molecule has 3 aromatic heterocycles. The molecule has 2 N–H and O–H groups in total. The smallest absolute Gasteiger partial charge is 0.255 e. The van der Waals surface area contributed by atoms with Gasteiger partial charge in [-0.1, -0.05) is 6.07 Å². The van der Waals surface area contributed by atoms with E-state index in [0.29, 0.717) is 74.9 Å². The van der Waals surface area contributed by atoms with Crippen LogP contribution in [-0.4, -0.2) is 54.2 Å². The first-order chi connectivity index (χ1) is 23.1. The summed E-state index contributed by atoms with van der Waals surface area (Å²) in [6, 6.07) is 16.3. The number of carbonyl (C=O) groups is 1. The number of hydrogen-bond acceptors (Lipinski definition) is 8. The van der Waals surface area contributed by atoms with E-state index in [1.807, 2.05) is 6.07 Å². The van der Waals surface area contributed by atoms with Crippen molar-refractivity contribution in [3.8, 4) is 39.6 Å². The van der Waals surface area contributed by atoms with Crippen LogP contribution in [0, 0.1) is 5.82 Å². The fourth-order valence-electron chi connectivity index (χ4n) is 6.01. The zero-order chi connectivity index (χ0) is 33.6. The van der Waals surface area contributed by atoms with Gasteiger partial charge in [-0.2, -0.15) is 0 Å². The standard InChI is InChI=1S/C35H31FN6O5S/c1-4-42(48(3,44)45)27-20-29-25(30(32-37-16-17-38-32)31(47-29)21-6-9-23(36)10-7-21)19-24(27)22-8-11-28(46-2)26(18-22)33(43)41-35(12-13-35)34-39-14-5-15-40-34/h5-11,14-20H,4,12-13H2,1-3H3,(H,37,38)(H,41,43).